The molecule has 0 saturated heterocycles. The molecule has 3 aromatic heterocycles. The zero-order valence-corrected chi connectivity index (χ0v) is 28.1. The van der Waals surface area contributed by atoms with E-state index in [0.717, 1.165) is 76.1 Å². The Kier molecular flexibility index (Phi) is 9.82. The summed E-state index contributed by atoms with van der Waals surface area (Å²) in [5.74, 6) is -2.18. The van der Waals surface area contributed by atoms with Gasteiger partial charge in [0.05, 0.1) is 29.1 Å². The van der Waals surface area contributed by atoms with Crippen molar-refractivity contribution in [1.82, 2.24) is 19.9 Å². The van der Waals surface area contributed by atoms with Crippen LogP contribution in [0.15, 0.2) is 18.2 Å². The molecule has 0 radical (unpaired) electrons. The van der Waals surface area contributed by atoms with Gasteiger partial charge in [0.1, 0.15) is 0 Å². The summed E-state index contributed by atoms with van der Waals surface area (Å²) in [5.41, 5.74) is 12.1. The Morgan fingerprint density at radius 2 is 1.63 bits per heavy atom. The Morgan fingerprint density at radius 3 is 2.30 bits per heavy atom. The van der Waals surface area contributed by atoms with Crippen molar-refractivity contribution in [2.75, 3.05) is 13.2 Å². The number of carboxylic acids is 2. The first kappa shape index (κ1) is 33.1. The summed E-state index contributed by atoms with van der Waals surface area (Å²) in [6.45, 7) is 15.4. The summed E-state index contributed by atoms with van der Waals surface area (Å²) in [4.78, 5) is 41.6. The lowest BCUT2D eigenvalue weighted by Crippen LogP contribution is -2.07. The second kappa shape index (κ2) is 13.6. The number of aromatic carboxylic acids is 1. The highest BCUT2D eigenvalue weighted by molar-refractivity contribution is 6.02. The Morgan fingerprint density at radius 1 is 0.891 bits per heavy atom. The summed E-state index contributed by atoms with van der Waals surface area (Å²) in [7, 11) is 0. The SMILES string of the molecule is CCCCCOCC1=C(C)c2cc3nc(c(C)c4[nH]c(cc5[nH]c(cc1n2)c(C)c5CC)c(C)c4C(=O)O)[C@@H](CCC(=O)O)[C@@H]3C. The number of unbranched alkanes of at least 4 members (excludes halogenated alkanes) is 2. The summed E-state index contributed by atoms with van der Waals surface area (Å²) in [6.07, 6.45) is 4.45. The van der Waals surface area contributed by atoms with Crippen molar-refractivity contribution in [2.24, 2.45) is 0 Å². The minimum atomic E-state index is -1.02. The van der Waals surface area contributed by atoms with E-state index in [1.54, 1.807) is 0 Å². The summed E-state index contributed by atoms with van der Waals surface area (Å²) in [5, 5.41) is 19.9. The average Bonchev–Trinajstić information content (AvgIpc) is 3.69. The van der Waals surface area contributed by atoms with Crippen LogP contribution in [0.1, 0.15) is 127 Å². The molecule has 5 heterocycles. The lowest BCUT2D eigenvalue weighted by molar-refractivity contribution is -0.137. The van der Waals surface area contributed by atoms with Gasteiger partial charge < -0.3 is 24.9 Å². The molecule has 0 aliphatic carbocycles. The molecule has 244 valence electrons. The van der Waals surface area contributed by atoms with E-state index in [9.17, 15) is 19.8 Å². The lowest BCUT2D eigenvalue weighted by Gasteiger charge is -2.16. The first-order valence-electron chi connectivity index (χ1n) is 16.4. The van der Waals surface area contributed by atoms with Crippen molar-refractivity contribution < 1.29 is 24.5 Å². The van der Waals surface area contributed by atoms with E-state index in [-0.39, 0.29) is 23.8 Å². The van der Waals surface area contributed by atoms with Gasteiger partial charge in [-0.1, -0.05) is 33.6 Å². The van der Waals surface area contributed by atoms with Crippen LogP contribution in [0.3, 0.4) is 0 Å². The second-order valence-corrected chi connectivity index (χ2v) is 12.7. The highest BCUT2D eigenvalue weighted by atomic mass is 16.5. The van der Waals surface area contributed by atoms with E-state index in [2.05, 4.69) is 50.7 Å². The van der Waals surface area contributed by atoms with Crippen molar-refractivity contribution in [3.05, 3.63) is 68.8 Å². The number of H-pyrrole nitrogens is 2. The van der Waals surface area contributed by atoms with Gasteiger partial charge in [-0.3, -0.25) is 9.78 Å². The zero-order chi connectivity index (χ0) is 33.3. The maximum Gasteiger partial charge on any atom is 0.338 e. The maximum absolute atomic E-state index is 12.6. The fourth-order valence-corrected chi connectivity index (χ4v) is 6.91. The molecule has 0 amide bonds. The molecule has 0 fully saturated rings. The van der Waals surface area contributed by atoms with Gasteiger partial charge in [0.25, 0.3) is 0 Å². The van der Waals surface area contributed by atoms with Gasteiger partial charge in [0.15, 0.2) is 0 Å². The van der Waals surface area contributed by atoms with Crippen LogP contribution in [0, 0.1) is 20.8 Å². The molecule has 2 atom stereocenters. The number of nitrogens with zero attached hydrogens (tertiary/aromatic N) is 2. The monoisotopic (exact) mass is 626 g/mol. The lowest BCUT2D eigenvalue weighted by atomic mass is 9.85. The predicted octanol–water partition coefficient (Wildman–Crippen LogP) is 8.39. The summed E-state index contributed by atoms with van der Waals surface area (Å²) in [6, 6.07) is 6.10. The van der Waals surface area contributed by atoms with Crippen LogP contribution in [-0.2, 0) is 16.0 Å². The Bertz CT molecular complexity index is 1880. The fraction of sp³-hybridized carbons (Fsp3) is 0.459. The number of hydrogen-bond donors (Lipinski definition) is 4. The minimum absolute atomic E-state index is 0.0104. The van der Waals surface area contributed by atoms with E-state index in [1.165, 1.54) is 0 Å². The molecule has 5 rings (SSSR count). The molecule has 2 aliphatic rings. The predicted molar refractivity (Wildman–Crippen MR) is 182 cm³/mol. The van der Waals surface area contributed by atoms with E-state index in [1.807, 2.05) is 26.0 Å². The number of aliphatic carboxylic acids is 1. The number of aryl methyl sites for hydroxylation is 4. The number of fused-ring (bicyclic) bond motifs is 8. The molecule has 46 heavy (non-hydrogen) atoms. The van der Waals surface area contributed by atoms with Gasteiger partial charge in [-0.05, 0) is 93.0 Å². The highest BCUT2D eigenvalue weighted by Crippen LogP contribution is 2.42. The van der Waals surface area contributed by atoms with Crippen LogP contribution >= 0.6 is 0 Å². The van der Waals surface area contributed by atoms with Crippen LogP contribution in [0.5, 0.6) is 0 Å². The van der Waals surface area contributed by atoms with Crippen LogP contribution in [0.2, 0.25) is 0 Å². The Labute approximate surface area is 270 Å². The number of allylic oxidation sites excluding steroid dienone is 1. The summed E-state index contributed by atoms with van der Waals surface area (Å²) < 4.78 is 6.16. The Balaban J connectivity index is 1.86. The number of carbonyl (C=O) groups is 2. The largest absolute Gasteiger partial charge is 0.481 e. The van der Waals surface area contributed by atoms with Crippen molar-refractivity contribution in [3.8, 4) is 0 Å². The number of ether oxygens (including phenoxy) is 1. The van der Waals surface area contributed by atoms with Gasteiger partial charge in [-0.25, -0.2) is 9.78 Å². The highest BCUT2D eigenvalue weighted by Gasteiger charge is 2.32. The molecule has 0 spiro atoms. The number of rotatable bonds is 11. The Hall–Kier alpha value is -4.24. The maximum atomic E-state index is 12.6. The molecule has 2 aliphatic heterocycles. The van der Waals surface area contributed by atoms with Crippen molar-refractivity contribution in [3.63, 3.8) is 0 Å². The molecule has 3 aromatic rings. The second-order valence-electron chi connectivity index (χ2n) is 12.7. The van der Waals surface area contributed by atoms with Gasteiger partial charge >= 0.3 is 11.9 Å². The number of hydrogen-bond acceptors (Lipinski definition) is 5. The van der Waals surface area contributed by atoms with Gasteiger partial charge in [-0.15, -0.1) is 0 Å². The van der Waals surface area contributed by atoms with Crippen molar-refractivity contribution >= 4 is 45.2 Å². The van der Waals surface area contributed by atoms with Gasteiger partial charge in [0, 0.05) is 58.4 Å². The fourth-order valence-electron chi connectivity index (χ4n) is 6.91. The molecule has 0 aromatic carbocycles. The van der Waals surface area contributed by atoms with E-state index >= 15 is 0 Å². The molecule has 8 bridgehead atoms. The number of aromatic nitrogens is 4. The molecular weight excluding hydrogens is 580 g/mol. The van der Waals surface area contributed by atoms with E-state index in [4.69, 9.17) is 14.7 Å². The van der Waals surface area contributed by atoms with E-state index in [0.29, 0.717) is 47.5 Å². The average molecular weight is 627 g/mol. The molecular formula is C37H46N4O5. The van der Waals surface area contributed by atoms with Crippen LogP contribution < -0.4 is 0 Å². The first-order valence-corrected chi connectivity index (χ1v) is 16.4. The third-order valence-electron chi connectivity index (χ3n) is 9.79. The summed E-state index contributed by atoms with van der Waals surface area (Å²) >= 11 is 0. The van der Waals surface area contributed by atoms with E-state index < -0.39 is 11.9 Å². The van der Waals surface area contributed by atoms with Gasteiger partial charge in [0.2, 0.25) is 0 Å². The minimum Gasteiger partial charge on any atom is -0.481 e. The third-order valence-corrected chi connectivity index (χ3v) is 9.79. The zero-order valence-electron chi connectivity index (χ0n) is 28.1. The molecule has 0 unspecified atom stereocenters. The standard InChI is InChI=1S/C37H46N4O5/c1-8-10-11-14-46-18-26-21(5)27-15-29-20(4)25(12-13-33(42)43)35(40-29)23(7)36-34(37(44)45)22(6)30(41-36)17-31-24(9-2)19(3)28(38-31)16-32(26)39-27/h15-17,20,25,38,41H,8-14,18H2,1-7H3,(H,42,43)(H,44,45)/t20-,25-/m0/s1. The quantitative estimate of drug-likeness (QED) is 0.157. The third kappa shape index (κ3) is 6.25. The van der Waals surface area contributed by atoms with Gasteiger partial charge in [-0.2, -0.15) is 0 Å². The molecule has 4 N–H and O–H groups in total. The van der Waals surface area contributed by atoms with Crippen molar-refractivity contribution in [2.45, 2.75) is 98.8 Å². The smallest absolute Gasteiger partial charge is 0.338 e. The number of carboxylic acid groups (broad SMARTS) is 2. The van der Waals surface area contributed by atoms with Crippen LogP contribution in [0.25, 0.3) is 33.2 Å². The van der Waals surface area contributed by atoms with Crippen LogP contribution in [-0.4, -0.2) is 55.3 Å². The van der Waals surface area contributed by atoms with Crippen LogP contribution in [0.4, 0.5) is 0 Å². The molecule has 9 nitrogen and oxygen atoms in total. The number of aromatic amines is 2. The molecule has 9 heteroatoms. The first-order chi connectivity index (χ1) is 22.0. The topological polar surface area (TPSA) is 141 Å². The van der Waals surface area contributed by atoms with Crippen molar-refractivity contribution in [1.29, 1.82) is 0 Å². The molecule has 0 saturated carbocycles. The normalized spacial score (nSPS) is 16.3. The number of nitrogens with one attached hydrogen (secondary N) is 2.